The average Bonchev–Trinajstić information content (AvgIpc) is 2.66. The first-order chi connectivity index (χ1) is 12.3. The van der Waals surface area contributed by atoms with E-state index in [0.717, 1.165) is 28.4 Å². The molecule has 1 heterocycles. The van der Waals surface area contributed by atoms with Gasteiger partial charge in [-0.15, -0.1) is 0 Å². The van der Waals surface area contributed by atoms with E-state index in [1.807, 2.05) is 0 Å². The highest BCUT2D eigenvalue weighted by atomic mass is 16.6. The first-order valence-electron chi connectivity index (χ1n) is 7.32. The fraction of sp³-hybridized carbons (Fsp3) is 0.438. The Kier molecular flexibility index (Phi) is 7.06. The monoisotopic (exact) mass is 368 g/mol. The van der Waals surface area contributed by atoms with E-state index in [-0.39, 0.29) is 11.4 Å². The zero-order chi connectivity index (χ0) is 19.9. The van der Waals surface area contributed by atoms with Gasteiger partial charge in [-0.25, -0.2) is 4.98 Å². The van der Waals surface area contributed by atoms with E-state index in [0.29, 0.717) is 0 Å². The van der Waals surface area contributed by atoms with Gasteiger partial charge in [-0.1, -0.05) is 6.07 Å². The summed E-state index contributed by atoms with van der Waals surface area (Å²) in [5.74, 6) is -5.74. The molecule has 0 saturated heterocycles. The van der Waals surface area contributed by atoms with Crippen molar-refractivity contribution in [3.8, 4) is 0 Å². The lowest BCUT2D eigenvalue weighted by atomic mass is 9.70. The molecule has 142 valence electrons. The smallest absolute Gasteiger partial charge is 0.335 e. The number of ether oxygens (including phenoxy) is 4. The van der Waals surface area contributed by atoms with Gasteiger partial charge in [0.2, 0.25) is 0 Å². The summed E-state index contributed by atoms with van der Waals surface area (Å²) < 4.78 is 18.6. The van der Waals surface area contributed by atoms with Crippen LogP contribution in [-0.4, -0.2) is 57.3 Å². The summed E-state index contributed by atoms with van der Waals surface area (Å²) in [7, 11) is 4.08. The zero-order valence-corrected chi connectivity index (χ0v) is 14.8. The SMILES string of the molecule is COC(=O)CC(c1ccc(N)nc1)C(C(=O)OC)(C(=O)OC)C(=O)OC. The number of carbonyl (C=O) groups excluding carboxylic acids is 4. The van der Waals surface area contributed by atoms with Crippen LogP contribution in [0.25, 0.3) is 0 Å². The number of esters is 4. The molecule has 1 rings (SSSR count). The Balaban J connectivity index is 3.75. The molecule has 2 N–H and O–H groups in total. The summed E-state index contributed by atoms with van der Waals surface area (Å²) >= 11 is 0. The molecule has 0 spiro atoms. The minimum Gasteiger partial charge on any atom is -0.469 e. The first kappa shape index (κ1) is 20.9. The minimum atomic E-state index is -2.59. The lowest BCUT2D eigenvalue weighted by Gasteiger charge is -2.32. The fourth-order valence-corrected chi connectivity index (χ4v) is 2.55. The van der Waals surface area contributed by atoms with Crippen LogP contribution in [0.1, 0.15) is 17.9 Å². The predicted octanol–water partition coefficient (Wildman–Crippen LogP) is -0.184. The largest absolute Gasteiger partial charge is 0.469 e. The Labute approximate surface area is 149 Å². The summed E-state index contributed by atoms with van der Waals surface area (Å²) in [5.41, 5.74) is 3.14. The Hall–Kier alpha value is -3.17. The van der Waals surface area contributed by atoms with E-state index >= 15 is 0 Å². The van der Waals surface area contributed by atoms with Crippen LogP contribution >= 0.6 is 0 Å². The van der Waals surface area contributed by atoms with Crippen LogP contribution in [0.2, 0.25) is 0 Å². The third-order valence-corrected chi connectivity index (χ3v) is 3.85. The number of hydrogen-bond acceptors (Lipinski definition) is 10. The van der Waals surface area contributed by atoms with Crippen molar-refractivity contribution in [2.24, 2.45) is 5.41 Å². The number of nitrogen functional groups attached to an aromatic ring is 1. The van der Waals surface area contributed by atoms with Crippen molar-refractivity contribution in [1.29, 1.82) is 0 Å². The summed E-state index contributed by atoms with van der Waals surface area (Å²) in [4.78, 5) is 53.5. The molecule has 0 bridgehead atoms. The van der Waals surface area contributed by atoms with Gasteiger partial charge in [-0.05, 0) is 11.6 Å². The van der Waals surface area contributed by atoms with Crippen molar-refractivity contribution in [2.75, 3.05) is 34.2 Å². The predicted molar refractivity (Wildman–Crippen MR) is 86.5 cm³/mol. The van der Waals surface area contributed by atoms with Crippen molar-refractivity contribution in [3.05, 3.63) is 23.9 Å². The lowest BCUT2D eigenvalue weighted by Crippen LogP contribution is -2.53. The minimum absolute atomic E-state index is 0.158. The normalized spacial score (nSPS) is 11.8. The molecule has 0 fully saturated rings. The van der Waals surface area contributed by atoms with Crippen LogP contribution in [0.15, 0.2) is 18.3 Å². The number of methoxy groups -OCH3 is 4. The number of nitrogens with zero attached hydrogens (tertiary/aromatic N) is 1. The van der Waals surface area contributed by atoms with Crippen LogP contribution in [0.3, 0.4) is 0 Å². The van der Waals surface area contributed by atoms with Crippen molar-refractivity contribution < 1.29 is 38.1 Å². The van der Waals surface area contributed by atoms with E-state index in [1.165, 1.54) is 18.3 Å². The van der Waals surface area contributed by atoms with Crippen LogP contribution in [0.5, 0.6) is 0 Å². The van der Waals surface area contributed by atoms with E-state index < -0.39 is 41.6 Å². The molecule has 26 heavy (non-hydrogen) atoms. The molecule has 10 heteroatoms. The number of aromatic nitrogens is 1. The maximum atomic E-state index is 12.6. The molecule has 0 aliphatic carbocycles. The van der Waals surface area contributed by atoms with Crippen molar-refractivity contribution in [2.45, 2.75) is 12.3 Å². The highest BCUT2D eigenvalue weighted by molar-refractivity contribution is 6.19. The van der Waals surface area contributed by atoms with Gasteiger partial charge in [-0.2, -0.15) is 0 Å². The number of carbonyl (C=O) groups is 4. The summed E-state index contributed by atoms with van der Waals surface area (Å²) in [6, 6.07) is 2.80. The Morgan fingerprint density at radius 2 is 1.46 bits per heavy atom. The fourth-order valence-electron chi connectivity index (χ4n) is 2.55. The van der Waals surface area contributed by atoms with Gasteiger partial charge in [0.25, 0.3) is 5.41 Å². The summed E-state index contributed by atoms with van der Waals surface area (Å²) in [5, 5.41) is 0. The maximum Gasteiger partial charge on any atom is 0.335 e. The van der Waals surface area contributed by atoms with Crippen LogP contribution in [0.4, 0.5) is 5.82 Å². The Bertz CT molecular complexity index is 645. The second-order valence-electron chi connectivity index (χ2n) is 5.13. The molecule has 0 radical (unpaired) electrons. The van der Waals surface area contributed by atoms with Crippen LogP contribution in [0, 0.1) is 5.41 Å². The number of pyridine rings is 1. The summed E-state index contributed by atoms with van der Waals surface area (Å²) in [6.07, 6.45) is 0.702. The van der Waals surface area contributed by atoms with Gasteiger partial charge in [-0.3, -0.25) is 19.2 Å². The molecule has 0 aliphatic rings. The molecule has 1 aromatic heterocycles. The molecule has 1 unspecified atom stereocenters. The molecular weight excluding hydrogens is 348 g/mol. The van der Waals surface area contributed by atoms with E-state index in [9.17, 15) is 19.2 Å². The van der Waals surface area contributed by atoms with Gasteiger partial charge in [0.05, 0.1) is 34.9 Å². The van der Waals surface area contributed by atoms with Crippen molar-refractivity contribution >= 4 is 29.7 Å². The standard InChI is InChI=1S/C16H20N2O8/c1-23-12(19)7-10(9-5-6-11(17)18-8-9)16(13(20)24-2,14(21)25-3)15(22)26-4/h5-6,8,10H,7H2,1-4H3,(H2,17,18). The quantitative estimate of drug-likeness (QED) is 0.391. The second-order valence-corrected chi connectivity index (χ2v) is 5.13. The van der Waals surface area contributed by atoms with Crippen molar-refractivity contribution in [1.82, 2.24) is 4.98 Å². The number of nitrogens with two attached hydrogens (primary N) is 1. The first-order valence-corrected chi connectivity index (χ1v) is 7.32. The number of hydrogen-bond donors (Lipinski definition) is 1. The molecular formula is C16H20N2O8. The topological polar surface area (TPSA) is 144 Å². The van der Waals surface area contributed by atoms with Crippen LogP contribution < -0.4 is 5.73 Å². The Morgan fingerprint density at radius 3 is 1.81 bits per heavy atom. The van der Waals surface area contributed by atoms with E-state index in [4.69, 9.17) is 5.73 Å². The number of rotatable bonds is 7. The van der Waals surface area contributed by atoms with Gasteiger partial charge >= 0.3 is 23.9 Å². The van der Waals surface area contributed by atoms with Gasteiger partial charge in [0.1, 0.15) is 5.82 Å². The van der Waals surface area contributed by atoms with Gasteiger partial charge in [0.15, 0.2) is 0 Å². The van der Waals surface area contributed by atoms with Gasteiger partial charge < -0.3 is 24.7 Å². The zero-order valence-electron chi connectivity index (χ0n) is 14.8. The highest BCUT2D eigenvalue weighted by Gasteiger charge is 2.63. The third-order valence-electron chi connectivity index (χ3n) is 3.85. The average molecular weight is 368 g/mol. The van der Waals surface area contributed by atoms with Crippen LogP contribution in [-0.2, 0) is 38.1 Å². The third kappa shape index (κ3) is 3.73. The second kappa shape index (κ2) is 8.79. The summed E-state index contributed by atoms with van der Waals surface area (Å²) in [6.45, 7) is 0. The van der Waals surface area contributed by atoms with E-state index in [1.54, 1.807) is 0 Å². The Morgan fingerprint density at radius 1 is 0.962 bits per heavy atom. The molecule has 10 nitrogen and oxygen atoms in total. The molecule has 0 saturated carbocycles. The van der Waals surface area contributed by atoms with E-state index in [2.05, 4.69) is 23.9 Å². The molecule has 0 amide bonds. The molecule has 1 atom stereocenters. The van der Waals surface area contributed by atoms with Gasteiger partial charge in [0, 0.05) is 12.1 Å². The number of anilines is 1. The molecule has 0 aliphatic heterocycles. The lowest BCUT2D eigenvalue weighted by molar-refractivity contribution is -0.183. The molecule has 0 aromatic carbocycles. The molecule has 1 aromatic rings. The van der Waals surface area contributed by atoms with Crippen molar-refractivity contribution in [3.63, 3.8) is 0 Å². The highest BCUT2D eigenvalue weighted by Crippen LogP contribution is 2.42. The maximum absolute atomic E-state index is 12.6.